The number of rotatable bonds is 15. The molecule has 0 aromatic rings. The van der Waals surface area contributed by atoms with Crippen LogP contribution in [0.25, 0.3) is 0 Å². The summed E-state index contributed by atoms with van der Waals surface area (Å²) < 4.78 is 69.5. The average Bonchev–Trinajstić information content (AvgIpc) is 3.43. The Hall–Kier alpha value is -0.989. The van der Waals surface area contributed by atoms with Gasteiger partial charge < -0.3 is 18.0 Å². The molecule has 0 radical (unpaired) electrons. The standard InChI is InChI=1S/C45H81F3O5Si3/c1-18-56(19-2,20-3)53-44(13,45(46,47)48)29-27-40(49)50-33(5)36-25-26-37-35(22-21-28-43(36,37)12)24-23-34-30-38(51-54(14,15)41(6,7)8)32(4)39(31-34)52-55(16,17)42(9,10)11/h23-24,33,36-39H,4,18-22,25-31H2,1-3,5-17H3/t33-,36+,37-,38+,39+,43+,44?/m0/s1. The van der Waals surface area contributed by atoms with Crippen LogP contribution in [0.1, 0.15) is 141 Å². The van der Waals surface area contributed by atoms with E-state index >= 15 is 0 Å². The molecular formula is C45H81F3O5Si3. The predicted octanol–water partition coefficient (Wildman–Crippen LogP) is 14.2. The maximum absolute atomic E-state index is 14.5. The molecule has 0 saturated heterocycles. The van der Waals surface area contributed by atoms with Crippen LogP contribution < -0.4 is 0 Å². The summed E-state index contributed by atoms with van der Waals surface area (Å²) in [7, 11) is -6.74. The van der Waals surface area contributed by atoms with Crippen molar-refractivity contribution < 1.29 is 36.0 Å². The summed E-state index contributed by atoms with van der Waals surface area (Å²) in [5.74, 6) is -0.0610. The minimum atomic E-state index is -4.58. The number of hydrogen-bond acceptors (Lipinski definition) is 5. The fourth-order valence-electron chi connectivity index (χ4n) is 9.12. The van der Waals surface area contributed by atoms with Crippen LogP contribution in [0.5, 0.6) is 0 Å². The Morgan fingerprint density at radius 1 is 0.875 bits per heavy atom. The van der Waals surface area contributed by atoms with Crippen molar-refractivity contribution in [2.24, 2.45) is 17.3 Å². The van der Waals surface area contributed by atoms with Crippen molar-refractivity contribution in [1.82, 2.24) is 0 Å². The van der Waals surface area contributed by atoms with E-state index in [4.69, 9.17) is 18.0 Å². The zero-order valence-corrected chi connectivity index (χ0v) is 41.4. The lowest BCUT2D eigenvalue weighted by Crippen LogP contribution is -2.54. The number of halogens is 3. The quantitative estimate of drug-likeness (QED) is 0.0934. The number of carbonyl (C=O) groups excluding carboxylic acids is 1. The highest BCUT2D eigenvalue weighted by Crippen LogP contribution is 2.59. The molecule has 11 heteroatoms. The monoisotopic (exact) mass is 843 g/mol. The van der Waals surface area contributed by atoms with Gasteiger partial charge in [-0.1, -0.05) is 99.1 Å². The first-order valence-electron chi connectivity index (χ1n) is 21.8. The minimum absolute atomic E-state index is 0.0523. The van der Waals surface area contributed by atoms with Gasteiger partial charge in [0.15, 0.2) is 25.0 Å². The van der Waals surface area contributed by atoms with Gasteiger partial charge in [0.1, 0.15) is 11.7 Å². The van der Waals surface area contributed by atoms with E-state index in [1.54, 1.807) is 0 Å². The van der Waals surface area contributed by atoms with Gasteiger partial charge in [-0.25, -0.2) is 0 Å². The Balaban J connectivity index is 1.81. The van der Waals surface area contributed by atoms with Gasteiger partial charge in [-0.05, 0) is 137 Å². The molecule has 3 rings (SSSR count). The molecule has 5 nitrogen and oxygen atoms in total. The number of alkyl halides is 3. The van der Waals surface area contributed by atoms with E-state index in [1.807, 2.05) is 27.7 Å². The first kappa shape index (κ1) is 49.4. The molecule has 3 saturated carbocycles. The Bertz CT molecular complexity index is 1390. The first-order chi connectivity index (χ1) is 25.4. The smallest absolute Gasteiger partial charge is 0.416 e. The maximum atomic E-state index is 14.5. The third-order valence-corrected chi connectivity index (χ3v) is 29.2. The van der Waals surface area contributed by atoms with Gasteiger partial charge in [-0.15, -0.1) is 0 Å². The molecule has 0 aliphatic heterocycles. The SMILES string of the molecule is C=C1[C@H](O[Si](C)(C)C(C)(C)C)CC(=CC=C2CCC[C@]3(C)[C@@H]([C@H](C)OC(=O)CCC(C)(O[Si](CC)(CC)CC)C(F)(F)F)CC[C@@H]23)C[C@H]1O[Si](C)(C)C(C)(C)C. The van der Waals surface area contributed by atoms with E-state index in [9.17, 15) is 18.0 Å². The molecule has 7 atom stereocenters. The van der Waals surface area contributed by atoms with Crippen molar-refractivity contribution in [2.45, 2.75) is 225 Å². The van der Waals surface area contributed by atoms with E-state index in [-0.39, 0.29) is 46.1 Å². The maximum Gasteiger partial charge on any atom is 0.416 e. The summed E-state index contributed by atoms with van der Waals surface area (Å²) in [4.78, 5) is 13.2. The number of esters is 1. The Morgan fingerprint density at radius 3 is 1.82 bits per heavy atom. The van der Waals surface area contributed by atoms with Crippen LogP contribution in [0.15, 0.2) is 35.5 Å². The first-order valence-corrected chi connectivity index (χ1v) is 30.1. The molecule has 0 heterocycles. The number of hydrogen-bond donors (Lipinski definition) is 0. The van der Waals surface area contributed by atoms with Gasteiger partial charge >= 0.3 is 12.1 Å². The molecule has 0 bridgehead atoms. The molecule has 0 aromatic heterocycles. The predicted molar refractivity (Wildman–Crippen MR) is 234 cm³/mol. The van der Waals surface area contributed by atoms with Gasteiger partial charge in [0, 0.05) is 12.3 Å². The van der Waals surface area contributed by atoms with Crippen molar-refractivity contribution in [3.63, 3.8) is 0 Å². The summed E-state index contributed by atoms with van der Waals surface area (Å²) in [6, 6.07) is 1.82. The topological polar surface area (TPSA) is 54.0 Å². The summed E-state index contributed by atoms with van der Waals surface area (Å²) >= 11 is 0. The van der Waals surface area contributed by atoms with Crippen molar-refractivity contribution >= 4 is 30.9 Å². The minimum Gasteiger partial charge on any atom is -0.462 e. The van der Waals surface area contributed by atoms with Crippen molar-refractivity contribution in [3.8, 4) is 0 Å². The van der Waals surface area contributed by atoms with Gasteiger partial charge in [0.25, 0.3) is 0 Å². The van der Waals surface area contributed by atoms with Crippen LogP contribution >= 0.6 is 0 Å². The van der Waals surface area contributed by atoms with Crippen LogP contribution in [-0.4, -0.2) is 61.0 Å². The van der Waals surface area contributed by atoms with Gasteiger partial charge in [-0.3, -0.25) is 4.79 Å². The zero-order valence-electron chi connectivity index (χ0n) is 38.4. The molecule has 3 fully saturated rings. The van der Waals surface area contributed by atoms with Crippen LogP contribution in [-0.2, 0) is 22.8 Å². The fourth-order valence-corrected chi connectivity index (χ4v) is 14.8. The molecule has 0 spiro atoms. The van der Waals surface area contributed by atoms with Crippen molar-refractivity contribution in [1.29, 1.82) is 0 Å². The molecule has 0 aromatic carbocycles. The van der Waals surface area contributed by atoms with E-state index in [0.29, 0.717) is 24.1 Å². The molecule has 56 heavy (non-hydrogen) atoms. The number of carbonyl (C=O) groups is 1. The largest absolute Gasteiger partial charge is 0.462 e. The van der Waals surface area contributed by atoms with Crippen molar-refractivity contribution in [3.05, 3.63) is 35.5 Å². The highest BCUT2D eigenvalue weighted by atomic mass is 28.4. The summed E-state index contributed by atoms with van der Waals surface area (Å²) in [6.45, 7) is 38.7. The lowest BCUT2D eigenvalue weighted by molar-refractivity contribution is -0.248. The second-order valence-electron chi connectivity index (χ2n) is 21.1. The van der Waals surface area contributed by atoms with Gasteiger partial charge in [0.05, 0.1) is 12.2 Å². The normalized spacial score (nSPS) is 28.2. The van der Waals surface area contributed by atoms with E-state index in [0.717, 1.165) is 57.4 Å². The fraction of sp³-hybridized carbons (Fsp3) is 0.844. The molecular weight excluding hydrogens is 762 g/mol. The molecule has 0 amide bonds. The molecule has 1 unspecified atom stereocenters. The number of ether oxygens (including phenoxy) is 1. The van der Waals surface area contributed by atoms with E-state index < -0.39 is 49.1 Å². The van der Waals surface area contributed by atoms with Crippen molar-refractivity contribution in [2.75, 3.05) is 0 Å². The Labute approximate surface area is 343 Å². The van der Waals surface area contributed by atoms with E-state index in [2.05, 4.69) is 93.4 Å². The molecule has 3 aliphatic rings. The Morgan fingerprint density at radius 2 is 1.38 bits per heavy atom. The van der Waals surface area contributed by atoms with Gasteiger partial charge in [-0.2, -0.15) is 13.2 Å². The Kier molecular flexibility index (Phi) is 15.8. The highest BCUT2D eigenvalue weighted by molar-refractivity contribution is 6.75. The second-order valence-corrected chi connectivity index (χ2v) is 35.4. The highest BCUT2D eigenvalue weighted by Gasteiger charge is 2.56. The number of allylic oxidation sites excluding steroid dienone is 3. The second kappa shape index (κ2) is 17.9. The number of fused-ring (bicyclic) bond motifs is 1. The molecule has 0 N–H and O–H groups in total. The zero-order chi connectivity index (χ0) is 42.9. The van der Waals surface area contributed by atoms with E-state index in [1.165, 1.54) is 11.1 Å². The third kappa shape index (κ3) is 11.0. The van der Waals surface area contributed by atoms with Gasteiger partial charge in [0.2, 0.25) is 0 Å². The van der Waals surface area contributed by atoms with Crippen LogP contribution in [0.3, 0.4) is 0 Å². The summed E-state index contributed by atoms with van der Waals surface area (Å²) in [5.41, 5.74) is 1.45. The molecule has 3 aliphatic carbocycles. The van der Waals surface area contributed by atoms with Crippen LogP contribution in [0.4, 0.5) is 13.2 Å². The summed E-state index contributed by atoms with van der Waals surface area (Å²) in [5, 5.41) is 0.154. The lowest BCUT2D eigenvalue weighted by atomic mass is 9.62. The van der Waals surface area contributed by atoms with Crippen LogP contribution in [0, 0.1) is 17.3 Å². The lowest BCUT2D eigenvalue weighted by Gasteiger charge is -2.46. The third-order valence-electron chi connectivity index (χ3n) is 15.4. The average molecular weight is 843 g/mol. The van der Waals surface area contributed by atoms with Crippen LogP contribution in [0.2, 0.25) is 54.4 Å². The molecule has 324 valence electrons. The summed E-state index contributed by atoms with van der Waals surface area (Å²) in [6.07, 6.45) is 5.58.